The Bertz CT molecular complexity index is 1030. The molecule has 0 saturated heterocycles. The van der Waals surface area contributed by atoms with Crippen molar-refractivity contribution in [3.63, 3.8) is 0 Å². The van der Waals surface area contributed by atoms with E-state index in [1.54, 1.807) is 0 Å². The summed E-state index contributed by atoms with van der Waals surface area (Å²) in [4.78, 5) is 16.5. The van der Waals surface area contributed by atoms with Gasteiger partial charge in [-0.1, -0.05) is 29.8 Å². The van der Waals surface area contributed by atoms with E-state index in [0.717, 1.165) is 27.5 Å². The van der Waals surface area contributed by atoms with E-state index in [-0.39, 0.29) is 5.56 Å². The fraction of sp³-hybridized carbons (Fsp3) is 0.0588. The molecule has 2 heterocycles. The highest BCUT2D eigenvalue weighted by atomic mass is 16.1. The third-order valence-electron chi connectivity index (χ3n) is 3.68. The number of benzene rings is 2. The number of hydrogen-bond donors (Lipinski definition) is 0. The first-order valence-corrected chi connectivity index (χ1v) is 6.54. The number of aryl methyl sites for hydroxylation is 1. The minimum atomic E-state index is -0.172. The summed E-state index contributed by atoms with van der Waals surface area (Å²) in [5.74, 6) is 0. The fourth-order valence-corrected chi connectivity index (χ4v) is 2.69. The largest absolute Gasteiger partial charge is 0.300 e. The Balaban J connectivity index is 2.35. The molecular weight excluding hydrogens is 248 g/mol. The number of hydrogen-bond acceptors (Lipinski definition) is 2. The Morgan fingerprint density at radius 2 is 1.85 bits per heavy atom. The molecule has 2 aromatic carbocycles. The minimum Gasteiger partial charge on any atom is -0.300 e. The average molecular weight is 260 g/mol. The lowest BCUT2D eigenvalue weighted by Gasteiger charge is -2.08. The van der Waals surface area contributed by atoms with E-state index >= 15 is 0 Å². The molecule has 0 radical (unpaired) electrons. The van der Waals surface area contributed by atoms with Gasteiger partial charge in [-0.2, -0.15) is 4.98 Å². The molecule has 20 heavy (non-hydrogen) atoms. The SMILES string of the molecule is Cc1ccc2ccn3c4ccccc4c(=O)nc3c2c1. The zero-order valence-electron chi connectivity index (χ0n) is 11.0. The van der Waals surface area contributed by atoms with E-state index in [4.69, 9.17) is 0 Å². The van der Waals surface area contributed by atoms with Crippen molar-refractivity contribution in [3.8, 4) is 0 Å². The van der Waals surface area contributed by atoms with E-state index < -0.39 is 0 Å². The van der Waals surface area contributed by atoms with Crippen LogP contribution in [0.15, 0.2) is 59.5 Å². The van der Waals surface area contributed by atoms with Crippen LogP contribution in [-0.2, 0) is 0 Å². The van der Waals surface area contributed by atoms with Gasteiger partial charge in [0, 0.05) is 11.6 Å². The summed E-state index contributed by atoms with van der Waals surface area (Å²) in [6, 6.07) is 15.8. The predicted molar refractivity (Wildman–Crippen MR) is 81.2 cm³/mol. The van der Waals surface area contributed by atoms with Crippen molar-refractivity contribution in [2.45, 2.75) is 6.92 Å². The molecule has 0 aliphatic carbocycles. The molecule has 3 heteroatoms. The smallest absolute Gasteiger partial charge is 0.281 e. The van der Waals surface area contributed by atoms with Gasteiger partial charge in [-0.05, 0) is 36.6 Å². The second-order valence-electron chi connectivity index (χ2n) is 5.03. The quantitative estimate of drug-likeness (QED) is 0.455. The van der Waals surface area contributed by atoms with Crippen LogP contribution in [0, 0.1) is 6.92 Å². The molecule has 3 nitrogen and oxygen atoms in total. The lowest BCUT2D eigenvalue weighted by Crippen LogP contribution is -2.10. The van der Waals surface area contributed by atoms with Crippen LogP contribution in [0.25, 0.3) is 27.3 Å². The van der Waals surface area contributed by atoms with Crippen LogP contribution in [-0.4, -0.2) is 9.38 Å². The van der Waals surface area contributed by atoms with E-state index in [1.807, 2.05) is 41.8 Å². The molecule has 0 atom stereocenters. The molecule has 4 rings (SSSR count). The molecule has 0 aliphatic heterocycles. The average Bonchev–Trinajstić information content (AvgIpc) is 2.47. The first-order chi connectivity index (χ1) is 9.74. The number of nitrogens with zero attached hydrogens (tertiary/aromatic N) is 2. The third kappa shape index (κ3) is 1.46. The zero-order chi connectivity index (χ0) is 13.7. The molecule has 96 valence electrons. The van der Waals surface area contributed by atoms with Crippen molar-refractivity contribution >= 4 is 27.3 Å². The maximum atomic E-state index is 12.2. The second kappa shape index (κ2) is 3.90. The van der Waals surface area contributed by atoms with Crippen LogP contribution in [0.1, 0.15) is 5.56 Å². The summed E-state index contributed by atoms with van der Waals surface area (Å²) in [5, 5.41) is 2.75. The van der Waals surface area contributed by atoms with Gasteiger partial charge in [0.25, 0.3) is 5.56 Å². The van der Waals surface area contributed by atoms with Gasteiger partial charge in [-0.25, -0.2) is 0 Å². The third-order valence-corrected chi connectivity index (χ3v) is 3.68. The van der Waals surface area contributed by atoms with Gasteiger partial charge >= 0.3 is 0 Å². The van der Waals surface area contributed by atoms with Crippen molar-refractivity contribution in [3.05, 3.63) is 70.6 Å². The van der Waals surface area contributed by atoms with Gasteiger partial charge in [-0.3, -0.25) is 4.79 Å². The van der Waals surface area contributed by atoms with Crippen LogP contribution in [0.2, 0.25) is 0 Å². The Hall–Kier alpha value is -2.68. The lowest BCUT2D eigenvalue weighted by atomic mass is 10.1. The molecule has 0 aliphatic rings. The Kier molecular flexibility index (Phi) is 2.18. The normalized spacial score (nSPS) is 11.4. The van der Waals surface area contributed by atoms with E-state index in [1.165, 1.54) is 0 Å². The van der Waals surface area contributed by atoms with Crippen molar-refractivity contribution in [1.29, 1.82) is 0 Å². The molecule has 0 saturated carbocycles. The summed E-state index contributed by atoms with van der Waals surface area (Å²) in [6.45, 7) is 2.04. The topological polar surface area (TPSA) is 34.4 Å². The number of rotatable bonds is 0. The summed E-state index contributed by atoms with van der Waals surface area (Å²) in [5.41, 5.74) is 2.60. The summed E-state index contributed by atoms with van der Waals surface area (Å²) in [6.07, 6.45) is 1.97. The van der Waals surface area contributed by atoms with Gasteiger partial charge < -0.3 is 4.40 Å². The maximum Gasteiger partial charge on any atom is 0.281 e. The summed E-state index contributed by atoms with van der Waals surface area (Å²) >= 11 is 0. The molecular formula is C17H12N2O. The van der Waals surface area contributed by atoms with Gasteiger partial charge in [0.1, 0.15) is 5.65 Å². The van der Waals surface area contributed by atoms with Crippen LogP contribution < -0.4 is 5.56 Å². The standard InChI is InChI=1S/C17H12N2O/c1-11-6-7-12-8-9-19-15-5-3-2-4-13(15)17(20)18-16(19)14(12)10-11/h2-10H,1H3. The predicted octanol–water partition coefficient (Wildman–Crippen LogP) is 3.31. The van der Waals surface area contributed by atoms with Crippen molar-refractivity contribution in [1.82, 2.24) is 9.38 Å². The van der Waals surface area contributed by atoms with Gasteiger partial charge in [-0.15, -0.1) is 0 Å². The first-order valence-electron chi connectivity index (χ1n) is 6.54. The highest BCUT2D eigenvalue weighted by Crippen LogP contribution is 2.21. The molecule has 0 fully saturated rings. The molecule has 0 spiro atoms. The number of aromatic nitrogens is 2. The highest BCUT2D eigenvalue weighted by Gasteiger charge is 2.07. The van der Waals surface area contributed by atoms with E-state index in [9.17, 15) is 4.79 Å². The number of pyridine rings is 1. The number of para-hydroxylation sites is 1. The van der Waals surface area contributed by atoms with Crippen molar-refractivity contribution in [2.75, 3.05) is 0 Å². The molecule has 0 N–H and O–H groups in total. The van der Waals surface area contributed by atoms with Gasteiger partial charge in [0.2, 0.25) is 0 Å². The Morgan fingerprint density at radius 1 is 1.00 bits per heavy atom. The van der Waals surface area contributed by atoms with Crippen LogP contribution >= 0.6 is 0 Å². The Labute approximate surface area is 115 Å². The first kappa shape index (κ1) is 11.2. The lowest BCUT2D eigenvalue weighted by molar-refractivity contribution is 1.15. The summed E-state index contributed by atoms with van der Waals surface area (Å²) in [7, 11) is 0. The van der Waals surface area contributed by atoms with Crippen molar-refractivity contribution < 1.29 is 0 Å². The highest BCUT2D eigenvalue weighted by molar-refractivity contribution is 5.96. The number of fused-ring (bicyclic) bond motifs is 5. The minimum absolute atomic E-state index is 0.172. The molecule has 0 unspecified atom stereocenters. The molecule has 0 bridgehead atoms. The van der Waals surface area contributed by atoms with Gasteiger partial charge in [0.15, 0.2) is 0 Å². The van der Waals surface area contributed by atoms with E-state index in [2.05, 4.69) is 29.2 Å². The Morgan fingerprint density at radius 3 is 2.75 bits per heavy atom. The zero-order valence-corrected chi connectivity index (χ0v) is 11.0. The van der Waals surface area contributed by atoms with Crippen LogP contribution in [0.5, 0.6) is 0 Å². The monoisotopic (exact) mass is 260 g/mol. The van der Waals surface area contributed by atoms with E-state index in [0.29, 0.717) is 5.39 Å². The van der Waals surface area contributed by atoms with Crippen molar-refractivity contribution in [2.24, 2.45) is 0 Å². The molecule has 2 aromatic heterocycles. The molecule has 0 amide bonds. The second-order valence-corrected chi connectivity index (χ2v) is 5.03. The van der Waals surface area contributed by atoms with Crippen LogP contribution in [0.4, 0.5) is 0 Å². The molecule has 4 aromatic rings. The fourth-order valence-electron chi connectivity index (χ4n) is 2.69. The van der Waals surface area contributed by atoms with Gasteiger partial charge in [0.05, 0.1) is 10.9 Å². The maximum absolute atomic E-state index is 12.2. The summed E-state index contributed by atoms with van der Waals surface area (Å²) < 4.78 is 1.98. The van der Waals surface area contributed by atoms with Crippen LogP contribution in [0.3, 0.4) is 0 Å².